The molecule has 0 radical (unpaired) electrons. The van der Waals surface area contributed by atoms with E-state index in [1.807, 2.05) is 0 Å². The molecule has 0 bridgehead atoms. The number of carbonyl (C=O) groups is 1. The molecule has 0 spiro atoms. The molecule has 0 unspecified atom stereocenters. The average molecular weight is 202 g/mol. The SMILES string of the molecule is O=NC(=O)c1ccc(O)c(O)c1Cl. The Kier molecular flexibility index (Phi) is 2.48. The first kappa shape index (κ1) is 9.47. The molecule has 1 aromatic rings. The first-order chi connectivity index (χ1) is 6.07. The third kappa shape index (κ3) is 1.59. The number of phenols is 2. The number of halogens is 1. The number of aromatic hydroxyl groups is 2. The fraction of sp³-hybridized carbons (Fsp3) is 0. The molecule has 13 heavy (non-hydrogen) atoms. The molecule has 0 saturated carbocycles. The smallest absolute Gasteiger partial charge is 0.318 e. The maximum absolute atomic E-state index is 10.7. The summed E-state index contributed by atoms with van der Waals surface area (Å²) in [7, 11) is 0. The number of nitrogens with zero attached hydrogens (tertiary/aromatic N) is 1. The van der Waals surface area contributed by atoms with Crippen LogP contribution >= 0.6 is 11.6 Å². The van der Waals surface area contributed by atoms with E-state index < -0.39 is 17.4 Å². The number of carbonyl (C=O) groups excluding carboxylic acids is 1. The summed E-state index contributed by atoms with van der Waals surface area (Å²) in [6, 6.07) is 2.14. The molecule has 1 amide bonds. The van der Waals surface area contributed by atoms with E-state index in [1.165, 1.54) is 0 Å². The van der Waals surface area contributed by atoms with Crippen molar-refractivity contribution in [2.75, 3.05) is 0 Å². The molecule has 0 atom stereocenters. The molecule has 68 valence electrons. The lowest BCUT2D eigenvalue weighted by molar-refractivity contribution is 0.100. The molecule has 6 heteroatoms. The lowest BCUT2D eigenvalue weighted by Crippen LogP contribution is -1.94. The van der Waals surface area contributed by atoms with Gasteiger partial charge in [0.2, 0.25) is 0 Å². The maximum atomic E-state index is 10.7. The molecular formula is C7H4ClNO4. The number of amides is 1. The zero-order valence-corrected chi connectivity index (χ0v) is 6.95. The van der Waals surface area contributed by atoms with E-state index in [2.05, 4.69) is 5.18 Å². The Morgan fingerprint density at radius 2 is 2.00 bits per heavy atom. The van der Waals surface area contributed by atoms with Crippen molar-refractivity contribution in [3.63, 3.8) is 0 Å². The third-order valence-electron chi connectivity index (χ3n) is 1.41. The highest BCUT2D eigenvalue weighted by Gasteiger charge is 2.16. The highest BCUT2D eigenvalue weighted by molar-refractivity contribution is 6.35. The second-order valence-electron chi connectivity index (χ2n) is 2.19. The Labute approximate surface area is 77.5 Å². The van der Waals surface area contributed by atoms with Crippen molar-refractivity contribution >= 4 is 17.5 Å². The molecule has 5 nitrogen and oxygen atoms in total. The van der Waals surface area contributed by atoms with Gasteiger partial charge in [-0.3, -0.25) is 4.79 Å². The molecule has 2 N–H and O–H groups in total. The van der Waals surface area contributed by atoms with Crippen molar-refractivity contribution in [2.45, 2.75) is 0 Å². The van der Waals surface area contributed by atoms with Crippen molar-refractivity contribution in [1.29, 1.82) is 0 Å². The van der Waals surface area contributed by atoms with Gasteiger partial charge in [-0.1, -0.05) is 11.6 Å². The highest BCUT2D eigenvalue weighted by atomic mass is 35.5. The number of hydrogen-bond donors (Lipinski definition) is 2. The summed E-state index contributed by atoms with van der Waals surface area (Å²) in [5.74, 6) is -2.20. The summed E-state index contributed by atoms with van der Waals surface area (Å²) < 4.78 is 0. The molecule has 0 saturated heterocycles. The van der Waals surface area contributed by atoms with Gasteiger partial charge in [-0.2, -0.15) is 0 Å². The average Bonchev–Trinajstić information content (AvgIpc) is 2.13. The van der Waals surface area contributed by atoms with Crippen LogP contribution in [0.5, 0.6) is 11.5 Å². The lowest BCUT2D eigenvalue weighted by atomic mass is 10.2. The van der Waals surface area contributed by atoms with Crippen LogP contribution in [0.4, 0.5) is 0 Å². The summed E-state index contributed by atoms with van der Waals surface area (Å²) in [5.41, 5.74) is -0.244. The monoisotopic (exact) mass is 201 g/mol. The van der Waals surface area contributed by atoms with Crippen LogP contribution in [0.1, 0.15) is 10.4 Å². The Bertz CT molecular complexity index is 377. The summed E-state index contributed by atoms with van der Waals surface area (Å²) in [6.07, 6.45) is 0. The number of phenolic OH excluding ortho intramolecular Hbond substituents is 2. The molecular weight excluding hydrogens is 198 g/mol. The summed E-state index contributed by atoms with van der Waals surface area (Å²) in [6.45, 7) is 0. The van der Waals surface area contributed by atoms with E-state index in [9.17, 15) is 9.70 Å². The van der Waals surface area contributed by atoms with E-state index in [0.29, 0.717) is 0 Å². The second kappa shape index (κ2) is 3.40. The quantitative estimate of drug-likeness (QED) is 0.534. The lowest BCUT2D eigenvalue weighted by Gasteiger charge is -2.02. The van der Waals surface area contributed by atoms with Crippen molar-refractivity contribution in [3.05, 3.63) is 27.6 Å². The Balaban J connectivity index is 3.33. The van der Waals surface area contributed by atoms with Crippen LogP contribution in [-0.4, -0.2) is 16.1 Å². The summed E-state index contributed by atoms with van der Waals surface area (Å²) in [4.78, 5) is 20.6. The number of benzene rings is 1. The molecule has 0 heterocycles. The first-order valence-electron chi connectivity index (χ1n) is 3.16. The van der Waals surface area contributed by atoms with Gasteiger partial charge in [-0.05, 0) is 12.1 Å². The third-order valence-corrected chi connectivity index (χ3v) is 1.79. The second-order valence-corrected chi connectivity index (χ2v) is 2.57. The number of nitroso groups, excluding NO2 is 1. The fourth-order valence-corrected chi connectivity index (χ4v) is 1.01. The first-order valence-corrected chi connectivity index (χ1v) is 3.54. The van der Waals surface area contributed by atoms with Crippen molar-refractivity contribution in [2.24, 2.45) is 5.18 Å². The predicted molar refractivity (Wildman–Crippen MR) is 44.9 cm³/mol. The van der Waals surface area contributed by atoms with Gasteiger partial charge in [0.1, 0.15) is 0 Å². The van der Waals surface area contributed by atoms with Crippen LogP contribution in [0.3, 0.4) is 0 Å². The van der Waals surface area contributed by atoms with Gasteiger partial charge in [-0.25, -0.2) is 0 Å². The summed E-state index contributed by atoms with van der Waals surface area (Å²) in [5, 5.41) is 19.7. The molecule has 0 fully saturated rings. The van der Waals surface area contributed by atoms with E-state index in [1.54, 1.807) is 0 Å². The zero-order chi connectivity index (χ0) is 10.0. The van der Waals surface area contributed by atoms with Gasteiger partial charge < -0.3 is 10.2 Å². The Hall–Kier alpha value is -1.62. The van der Waals surface area contributed by atoms with Crippen molar-refractivity contribution < 1.29 is 15.0 Å². The maximum Gasteiger partial charge on any atom is 0.318 e. The van der Waals surface area contributed by atoms with Crippen molar-refractivity contribution in [1.82, 2.24) is 0 Å². The van der Waals surface area contributed by atoms with Gasteiger partial charge in [0, 0.05) is 5.18 Å². The van der Waals surface area contributed by atoms with Gasteiger partial charge in [-0.15, -0.1) is 4.91 Å². The topological polar surface area (TPSA) is 87.0 Å². The fourth-order valence-electron chi connectivity index (χ4n) is 0.769. The highest BCUT2D eigenvalue weighted by Crippen LogP contribution is 2.35. The van der Waals surface area contributed by atoms with Crippen LogP contribution in [-0.2, 0) is 0 Å². The van der Waals surface area contributed by atoms with Crippen LogP contribution < -0.4 is 0 Å². The van der Waals surface area contributed by atoms with Gasteiger partial charge >= 0.3 is 5.91 Å². The zero-order valence-electron chi connectivity index (χ0n) is 6.19. The van der Waals surface area contributed by atoms with Crippen LogP contribution in [0.25, 0.3) is 0 Å². The van der Waals surface area contributed by atoms with E-state index in [-0.39, 0.29) is 10.6 Å². The minimum atomic E-state index is -1.10. The van der Waals surface area contributed by atoms with Crippen LogP contribution in [0.15, 0.2) is 17.3 Å². The van der Waals surface area contributed by atoms with E-state index >= 15 is 0 Å². The van der Waals surface area contributed by atoms with Gasteiger partial charge in [0.15, 0.2) is 11.5 Å². The van der Waals surface area contributed by atoms with Gasteiger partial charge in [0.05, 0.1) is 10.6 Å². The summed E-state index contributed by atoms with van der Waals surface area (Å²) >= 11 is 5.44. The Morgan fingerprint density at radius 3 is 2.54 bits per heavy atom. The minimum absolute atomic E-state index is 0.244. The van der Waals surface area contributed by atoms with Crippen LogP contribution in [0, 0.1) is 4.91 Å². The Morgan fingerprint density at radius 1 is 1.38 bits per heavy atom. The van der Waals surface area contributed by atoms with Crippen molar-refractivity contribution in [3.8, 4) is 11.5 Å². The number of hydrogen-bond acceptors (Lipinski definition) is 4. The molecule has 0 aliphatic heterocycles. The predicted octanol–water partition coefficient (Wildman–Crippen LogP) is 1.66. The minimum Gasteiger partial charge on any atom is -0.504 e. The molecule has 0 aliphatic rings. The standard InChI is InChI=1S/C7H4ClNO4/c8-5-3(7(12)9-13)1-2-4(10)6(5)11/h1-2,10-11H. The number of rotatable bonds is 1. The molecule has 1 rings (SSSR count). The molecule has 0 aromatic heterocycles. The molecule has 0 aliphatic carbocycles. The largest absolute Gasteiger partial charge is 0.504 e. The van der Waals surface area contributed by atoms with Crippen LogP contribution in [0.2, 0.25) is 5.02 Å². The normalized spacial score (nSPS) is 9.62. The van der Waals surface area contributed by atoms with Gasteiger partial charge in [0.25, 0.3) is 0 Å². The molecule has 1 aromatic carbocycles. The van der Waals surface area contributed by atoms with E-state index in [4.69, 9.17) is 21.8 Å². The van der Waals surface area contributed by atoms with E-state index in [0.717, 1.165) is 12.1 Å².